The zero-order valence-electron chi connectivity index (χ0n) is 10.5. The molecule has 4 heteroatoms. The second-order valence-corrected chi connectivity index (χ2v) is 5.53. The average Bonchev–Trinajstić information content (AvgIpc) is 2.78. The van der Waals surface area contributed by atoms with Gasteiger partial charge in [-0.15, -0.1) is 11.3 Å². The van der Waals surface area contributed by atoms with Gasteiger partial charge < -0.3 is 10.1 Å². The quantitative estimate of drug-likeness (QED) is 0.874. The number of hydrogen-bond acceptors (Lipinski definition) is 4. The van der Waals surface area contributed by atoms with Crippen molar-refractivity contribution in [2.24, 2.45) is 0 Å². The average molecular weight is 252 g/mol. The minimum absolute atomic E-state index is 0.196. The number of aromatic nitrogens is 1. The van der Waals surface area contributed by atoms with Crippen LogP contribution in [0, 0.1) is 6.92 Å². The van der Waals surface area contributed by atoms with Gasteiger partial charge in [-0.1, -0.05) is 6.92 Å². The lowest BCUT2D eigenvalue weighted by atomic mass is 10.1. The summed E-state index contributed by atoms with van der Waals surface area (Å²) in [5.41, 5.74) is 0. The number of ether oxygens (including phenoxy) is 1. The molecule has 2 rings (SSSR count). The van der Waals surface area contributed by atoms with Crippen molar-refractivity contribution in [2.75, 3.05) is 13.2 Å². The van der Waals surface area contributed by atoms with Gasteiger partial charge in [0.15, 0.2) is 0 Å². The van der Waals surface area contributed by atoms with E-state index in [4.69, 9.17) is 4.74 Å². The Balaban J connectivity index is 2.15. The summed E-state index contributed by atoms with van der Waals surface area (Å²) in [4.78, 5) is 5.59. The summed E-state index contributed by atoms with van der Waals surface area (Å²) in [6, 6.07) is 0.196. The summed E-state index contributed by atoms with van der Waals surface area (Å²) in [7, 11) is 0. The lowest BCUT2D eigenvalue weighted by Gasteiger charge is -2.23. The van der Waals surface area contributed by atoms with Crippen LogP contribution in [0.5, 0.6) is 0 Å². The van der Waals surface area contributed by atoms with Gasteiger partial charge in [-0.25, -0.2) is 4.98 Å². The lowest BCUT2D eigenvalue weighted by Crippen LogP contribution is -2.25. The number of rotatable bonds is 5. The Morgan fingerprint density at radius 2 is 2.47 bits per heavy atom. The van der Waals surface area contributed by atoms with Gasteiger partial charge in [-0.3, -0.25) is 0 Å². The van der Waals surface area contributed by atoms with Crippen LogP contribution < -0.4 is 5.32 Å². The van der Waals surface area contributed by atoms with Crippen LogP contribution >= 0.6 is 11.3 Å². The molecule has 1 aromatic rings. The predicted molar refractivity (Wildman–Crippen MR) is 71.2 cm³/mol. The molecule has 1 atom stereocenters. The molecule has 0 spiro atoms. The molecule has 0 bridgehead atoms. The summed E-state index contributed by atoms with van der Waals surface area (Å²) >= 11 is 1.75. The van der Waals surface area contributed by atoms with E-state index in [1.807, 2.05) is 13.1 Å². The molecule has 1 N–H and O–H groups in total. The highest BCUT2D eigenvalue weighted by Gasteiger charge is 2.21. The first-order valence-electron chi connectivity index (χ1n) is 6.30. The smallest absolute Gasteiger partial charge is 0.114 e. The van der Waals surface area contributed by atoms with Crippen LogP contribution in [-0.4, -0.2) is 18.1 Å². The first-order chi connectivity index (χ1) is 8.31. The van der Waals surface area contributed by atoms with Crippen LogP contribution in [0.4, 0.5) is 0 Å². The fourth-order valence-electron chi connectivity index (χ4n) is 1.92. The molecule has 1 aliphatic heterocycles. The van der Waals surface area contributed by atoms with E-state index in [9.17, 15) is 0 Å². The normalized spacial score (nSPS) is 17.4. The van der Waals surface area contributed by atoms with E-state index in [1.165, 1.54) is 4.88 Å². The molecule has 2 heterocycles. The highest BCUT2D eigenvalue weighted by molar-refractivity contribution is 7.11. The van der Waals surface area contributed by atoms with Crippen LogP contribution in [-0.2, 0) is 4.74 Å². The molecule has 0 saturated carbocycles. The first-order valence-corrected chi connectivity index (χ1v) is 7.11. The van der Waals surface area contributed by atoms with Crippen molar-refractivity contribution >= 4 is 11.3 Å². The van der Waals surface area contributed by atoms with Crippen molar-refractivity contribution in [3.8, 4) is 0 Å². The molecule has 0 saturated heterocycles. The van der Waals surface area contributed by atoms with Crippen molar-refractivity contribution in [1.29, 1.82) is 0 Å². The van der Waals surface area contributed by atoms with Crippen molar-refractivity contribution in [2.45, 2.75) is 39.2 Å². The van der Waals surface area contributed by atoms with E-state index < -0.39 is 0 Å². The zero-order chi connectivity index (χ0) is 12.1. The molecule has 1 aromatic heterocycles. The fourth-order valence-corrected chi connectivity index (χ4v) is 2.79. The van der Waals surface area contributed by atoms with E-state index in [0.29, 0.717) is 0 Å². The fraction of sp³-hybridized carbons (Fsp3) is 0.615. The number of thiazole rings is 1. The van der Waals surface area contributed by atoms with E-state index in [0.717, 1.165) is 43.2 Å². The Bertz CT molecular complexity index is 387. The number of allylic oxidation sites excluding steroid dienone is 1. The molecule has 17 heavy (non-hydrogen) atoms. The molecule has 0 radical (unpaired) electrons. The van der Waals surface area contributed by atoms with Gasteiger partial charge in [0.25, 0.3) is 0 Å². The lowest BCUT2D eigenvalue weighted by molar-refractivity contribution is 0.168. The third-order valence-electron chi connectivity index (χ3n) is 2.77. The zero-order valence-corrected chi connectivity index (χ0v) is 11.3. The molecular formula is C13H20N2OS. The third kappa shape index (κ3) is 3.30. The largest absolute Gasteiger partial charge is 0.496 e. The summed E-state index contributed by atoms with van der Waals surface area (Å²) < 4.78 is 5.78. The molecule has 94 valence electrons. The second kappa shape index (κ2) is 6.17. The summed E-state index contributed by atoms with van der Waals surface area (Å²) in [6.07, 6.45) is 7.56. The Morgan fingerprint density at radius 1 is 1.59 bits per heavy atom. The van der Waals surface area contributed by atoms with E-state index >= 15 is 0 Å². The van der Waals surface area contributed by atoms with Crippen LogP contribution in [0.1, 0.15) is 42.1 Å². The first kappa shape index (κ1) is 12.6. The Kier molecular flexibility index (Phi) is 4.57. The van der Waals surface area contributed by atoms with E-state index in [2.05, 4.69) is 23.3 Å². The van der Waals surface area contributed by atoms with Crippen LogP contribution in [0.2, 0.25) is 0 Å². The Morgan fingerprint density at radius 3 is 3.06 bits per heavy atom. The minimum Gasteiger partial charge on any atom is -0.496 e. The van der Waals surface area contributed by atoms with E-state index in [1.54, 1.807) is 11.3 Å². The third-order valence-corrected chi connectivity index (χ3v) is 3.75. The predicted octanol–water partition coefficient (Wildman–Crippen LogP) is 3.19. The summed E-state index contributed by atoms with van der Waals surface area (Å²) in [5.74, 6) is 1.08. The maximum Gasteiger partial charge on any atom is 0.114 e. The van der Waals surface area contributed by atoms with Gasteiger partial charge >= 0.3 is 0 Å². The SMILES string of the molecule is CCCNC(C1=CCCCO1)c1cnc(C)s1. The van der Waals surface area contributed by atoms with Gasteiger partial charge in [0.2, 0.25) is 0 Å². The van der Waals surface area contributed by atoms with Gasteiger partial charge in [0.05, 0.1) is 11.6 Å². The minimum atomic E-state index is 0.196. The maximum absolute atomic E-state index is 5.78. The standard InChI is InChI=1S/C13H20N2OS/c1-3-7-14-13(11-6-4-5-8-16-11)12-9-15-10(2)17-12/h6,9,13-14H,3-5,7-8H2,1-2H3. The topological polar surface area (TPSA) is 34.1 Å². The number of aryl methyl sites for hydroxylation is 1. The molecule has 0 aliphatic carbocycles. The molecule has 1 aliphatic rings. The number of nitrogens with zero attached hydrogens (tertiary/aromatic N) is 1. The van der Waals surface area contributed by atoms with Crippen molar-refractivity contribution in [3.63, 3.8) is 0 Å². The molecule has 3 nitrogen and oxygen atoms in total. The molecular weight excluding hydrogens is 232 g/mol. The van der Waals surface area contributed by atoms with Gasteiger partial charge in [-0.2, -0.15) is 0 Å². The van der Waals surface area contributed by atoms with Crippen LogP contribution in [0.15, 0.2) is 18.0 Å². The van der Waals surface area contributed by atoms with Crippen LogP contribution in [0.25, 0.3) is 0 Å². The number of nitrogens with one attached hydrogen (secondary N) is 1. The van der Waals surface area contributed by atoms with Crippen molar-refractivity contribution < 1.29 is 4.74 Å². The van der Waals surface area contributed by atoms with E-state index in [-0.39, 0.29) is 6.04 Å². The Labute approximate surface area is 107 Å². The molecule has 0 amide bonds. The molecule has 1 unspecified atom stereocenters. The van der Waals surface area contributed by atoms with Gasteiger partial charge in [0.1, 0.15) is 11.8 Å². The van der Waals surface area contributed by atoms with Gasteiger partial charge in [-0.05, 0) is 38.8 Å². The summed E-state index contributed by atoms with van der Waals surface area (Å²) in [6.45, 7) is 6.06. The Hall–Kier alpha value is -0.870. The molecule has 0 fully saturated rings. The highest BCUT2D eigenvalue weighted by atomic mass is 32.1. The molecule has 0 aromatic carbocycles. The summed E-state index contributed by atoms with van der Waals surface area (Å²) in [5, 5.41) is 4.66. The highest BCUT2D eigenvalue weighted by Crippen LogP contribution is 2.29. The monoisotopic (exact) mass is 252 g/mol. The van der Waals surface area contributed by atoms with Crippen molar-refractivity contribution in [3.05, 3.63) is 27.9 Å². The van der Waals surface area contributed by atoms with Gasteiger partial charge in [0, 0.05) is 11.1 Å². The van der Waals surface area contributed by atoms with Crippen LogP contribution in [0.3, 0.4) is 0 Å². The van der Waals surface area contributed by atoms with Crippen molar-refractivity contribution in [1.82, 2.24) is 10.3 Å². The second-order valence-electron chi connectivity index (χ2n) is 4.27. The number of hydrogen-bond donors (Lipinski definition) is 1. The maximum atomic E-state index is 5.78.